The summed E-state index contributed by atoms with van der Waals surface area (Å²) >= 11 is 0. The summed E-state index contributed by atoms with van der Waals surface area (Å²) in [5, 5.41) is 1.20. The number of hydrogen-bond donors (Lipinski definition) is 0. The van der Waals surface area contributed by atoms with Crippen molar-refractivity contribution >= 4 is 19.4 Å². The van der Waals surface area contributed by atoms with Gasteiger partial charge in [0.1, 0.15) is 19.9 Å². The van der Waals surface area contributed by atoms with Crippen LogP contribution < -0.4 is 5.38 Å². The molecule has 0 saturated carbocycles. The van der Waals surface area contributed by atoms with E-state index >= 15 is 0 Å². The summed E-state index contributed by atoms with van der Waals surface area (Å²) in [7, 11) is -1.56. The molecule has 0 aliphatic carbocycles. The Morgan fingerprint density at radius 2 is 1.40 bits per heavy atom. The summed E-state index contributed by atoms with van der Waals surface area (Å²) in [4.78, 5) is 11.7. The lowest BCUT2D eigenvalue weighted by Gasteiger charge is -2.25. The van der Waals surface area contributed by atoms with Gasteiger partial charge in [-0.2, -0.15) is 0 Å². The molecule has 0 N–H and O–H groups in total. The van der Waals surface area contributed by atoms with Crippen molar-refractivity contribution in [3.63, 3.8) is 0 Å². The Morgan fingerprint density at radius 3 is 1.87 bits per heavy atom. The zero-order chi connectivity index (χ0) is 22.4. The highest BCUT2D eigenvalue weighted by Crippen LogP contribution is 2.30. The molecule has 30 heavy (non-hydrogen) atoms. The Morgan fingerprint density at radius 1 is 0.900 bits per heavy atom. The minimum atomic E-state index is -1.56. The number of aryl methyl sites for hydroxylation is 1. The van der Waals surface area contributed by atoms with Gasteiger partial charge in [-0.25, -0.2) is 0 Å². The van der Waals surface area contributed by atoms with Crippen LogP contribution in [0.15, 0.2) is 10.5 Å². The molecule has 1 atom stereocenters. The maximum absolute atomic E-state index is 11.7. The van der Waals surface area contributed by atoms with E-state index < -0.39 is 8.07 Å². The second-order valence-corrected chi connectivity index (χ2v) is 14.2. The van der Waals surface area contributed by atoms with E-state index in [0.29, 0.717) is 0 Å². The molecule has 0 aliphatic rings. The van der Waals surface area contributed by atoms with Crippen molar-refractivity contribution in [3.05, 3.63) is 17.4 Å². The van der Waals surface area contributed by atoms with Gasteiger partial charge >= 0.3 is 5.97 Å². The molecule has 0 amide bonds. The van der Waals surface area contributed by atoms with Crippen LogP contribution in [0.2, 0.25) is 18.1 Å². The molecule has 0 aliphatic heterocycles. The van der Waals surface area contributed by atoms with Gasteiger partial charge < -0.3 is 9.15 Å². The smallest absolute Gasteiger partial charge is 0.303 e. The molecule has 174 valence electrons. The fraction of sp³-hybridized carbons (Fsp3) is 0.808. The number of unbranched alkanes of at least 4 members (excludes halogenated alkanes) is 9. The highest BCUT2D eigenvalue weighted by atomic mass is 28.3. The third-order valence-corrected chi connectivity index (χ3v) is 12.3. The third kappa shape index (κ3) is 8.61. The first-order chi connectivity index (χ1) is 14.4. The normalized spacial score (nSPS) is 12.9. The van der Waals surface area contributed by atoms with E-state index in [4.69, 9.17) is 9.15 Å². The van der Waals surface area contributed by atoms with Gasteiger partial charge in [0.05, 0.1) is 5.38 Å². The number of hydrogen-bond acceptors (Lipinski definition) is 3. The zero-order valence-corrected chi connectivity index (χ0v) is 21.8. The van der Waals surface area contributed by atoms with Crippen LogP contribution in [-0.4, -0.2) is 14.0 Å². The molecule has 3 nitrogen and oxygen atoms in total. The number of ether oxygens (including phenoxy) is 1. The van der Waals surface area contributed by atoms with Crippen LogP contribution in [0.3, 0.4) is 0 Å². The molecular formula is C26H48O3Si. The summed E-state index contributed by atoms with van der Waals surface area (Å²) in [5.74, 6) is 0.745. The second kappa shape index (κ2) is 14.9. The molecule has 0 aromatic carbocycles. The average Bonchev–Trinajstić information content (AvgIpc) is 3.12. The number of carbonyl (C=O) groups excluding carboxylic acids is 1. The summed E-state index contributed by atoms with van der Waals surface area (Å²) in [6.45, 7) is 12.7. The average molecular weight is 437 g/mol. The molecule has 0 fully saturated rings. The molecule has 1 aromatic heterocycles. The van der Waals surface area contributed by atoms with Gasteiger partial charge in [0.15, 0.2) is 0 Å². The number of furan rings is 1. The molecule has 0 bridgehead atoms. The maximum Gasteiger partial charge on any atom is 0.303 e. The molecular weight excluding hydrogens is 388 g/mol. The summed E-state index contributed by atoms with van der Waals surface area (Å²) < 4.78 is 12.0. The first kappa shape index (κ1) is 27.0. The van der Waals surface area contributed by atoms with Gasteiger partial charge in [-0.3, -0.25) is 4.79 Å². The number of carbonyl (C=O) groups is 1. The van der Waals surface area contributed by atoms with Crippen molar-refractivity contribution in [3.8, 4) is 0 Å². The fourth-order valence-electron chi connectivity index (χ4n) is 4.65. The predicted octanol–water partition coefficient (Wildman–Crippen LogP) is 8.22. The Balaban J connectivity index is 2.59. The first-order valence-electron chi connectivity index (χ1n) is 12.7. The molecule has 0 saturated heterocycles. The van der Waals surface area contributed by atoms with E-state index in [9.17, 15) is 4.79 Å². The summed E-state index contributed by atoms with van der Waals surface area (Å²) in [6, 6.07) is 5.83. The molecule has 1 unspecified atom stereocenters. The molecule has 1 rings (SSSR count). The van der Waals surface area contributed by atoms with E-state index in [2.05, 4.69) is 33.8 Å². The van der Waals surface area contributed by atoms with E-state index in [1.807, 2.05) is 6.92 Å². The van der Waals surface area contributed by atoms with Crippen LogP contribution in [0.4, 0.5) is 0 Å². The van der Waals surface area contributed by atoms with Crippen LogP contribution in [0.25, 0.3) is 0 Å². The van der Waals surface area contributed by atoms with Crippen LogP contribution in [-0.2, 0) is 9.53 Å². The lowest BCUT2D eigenvalue weighted by Crippen LogP contribution is -2.44. The Bertz CT molecular complexity index is 581. The number of esters is 1. The monoisotopic (exact) mass is 436 g/mol. The first-order valence-corrected chi connectivity index (χ1v) is 15.3. The van der Waals surface area contributed by atoms with Gasteiger partial charge in [0.25, 0.3) is 0 Å². The fourth-order valence-corrected chi connectivity index (χ4v) is 8.02. The zero-order valence-electron chi connectivity index (χ0n) is 20.8. The largest absolute Gasteiger partial charge is 0.471 e. The van der Waals surface area contributed by atoms with E-state index in [1.54, 1.807) is 0 Å². The predicted molar refractivity (Wildman–Crippen MR) is 131 cm³/mol. The van der Waals surface area contributed by atoms with Crippen LogP contribution in [0.5, 0.6) is 0 Å². The van der Waals surface area contributed by atoms with E-state index in [-0.39, 0.29) is 12.1 Å². The Labute approximate surface area is 187 Å². The summed E-state index contributed by atoms with van der Waals surface area (Å²) in [5.41, 5.74) is 1.10. The van der Waals surface area contributed by atoms with Crippen molar-refractivity contribution in [2.75, 3.05) is 0 Å². The Kier molecular flexibility index (Phi) is 13.4. The molecule has 4 heteroatoms. The minimum absolute atomic E-state index is 0.161. The van der Waals surface area contributed by atoms with Crippen LogP contribution >= 0.6 is 0 Å². The summed E-state index contributed by atoms with van der Waals surface area (Å²) in [6.07, 6.45) is 13.9. The minimum Gasteiger partial charge on any atom is -0.471 e. The maximum atomic E-state index is 11.7. The SMILES string of the molecule is CCCCCCCCCCCCC(OC(C)=O)c1cc([Si](CC)(CC)CC)oc1C. The lowest BCUT2D eigenvalue weighted by molar-refractivity contribution is -0.147. The van der Waals surface area contributed by atoms with Crippen LogP contribution in [0.1, 0.15) is 123 Å². The Hall–Kier alpha value is -1.03. The second-order valence-electron chi connectivity index (χ2n) is 9.03. The van der Waals surface area contributed by atoms with Gasteiger partial charge in [0.2, 0.25) is 0 Å². The van der Waals surface area contributed by atoms with E-state index in [1.165, 1.54) is 88.2 Å². The van der Waals surface area contributed by atoms with Crippen molar-refractivity contribution in [2.24, 2.45) is 0 Å². The quantitative estimate of drug-likeness (QED) is 0.140. The van der Waals surface area contributed by atoms with Crippen molar-refractivity contribution in [1.29, 1.82) is 0 Å². The van der Waals surface area contributed by atoms with Crippen molar-refractivity contribution in [1.82, 2.24) is 0 Å². The van der Waals surface area contributed by atoms with Gasteiger partial charge in [-0.1, -0.05) is 104 Å². The van der Waals surface area contributed by atoms with Gasteiger partial charge in [-0.05, 0) is 25.8 Å². The molecule has 0 spiro atoms. The molecule has 1 heterocycles. The highest BCUT2D eigenvalue weighted by Gasteiger charge is 2.34. The van der Waals surface area contributed by atoms with E-state index in [0.717, 1.165) is 24.2 Å². The van der Waals surface area contributed by atoms with Gasteiger partial charge in [0, 0.05) is 12.5 Å². The topological polar surface area (TPSA) is 39.4 Å². The van der Waals surface area contributed by atoms with Gasteiger partial charge in [-0.15, -0.1) is 0 Å². The number of rotatable bonds is 17. The third-order valence-electron chi connectivity index (χ3n) is 6.98. The standard InChI is InChI=1S/C26H48O3Si/c1-7-11-12-13-14-15-16-17-18-19-20-25(29-23(6)27)24-21-26(28-22(24)5)30(8-2,9-3)10-4/h21,25H,7-20H2,1-6H3. The van der Waals surface area contributed by atoms with Crippen molar-refractivity contribution < 1.29 is 13.9 Å². The van der Waals surface area contributed by atoms with Crippen molar-refractivity contribution in [2.45, 2.75) is 136 Å². The molecule has 1 aromatic rings. The molecule has 0 radical (unpaired) electrons. The highest BCUT2D eigenvalue weighted by molar-refractivity contribution is 6.90. The van der Waals surface area contributed by atoms with Crippen LogP contribution in [0, 0.1) is 6.92 Å². The lowest BCUT2D eigenvalue weighted by atomic mass is 10.0.